The average Bonchev–Trinajstić information content (AvgIpc) is 2.86. The maximum atomic E-state index is 12.7. The number of hydrogen-bond donors (Lipinski definition) is 1. The van der Waals surface area contributed by atoms with Gasteiger partial charge < -0.3 is 10.1 Å². The molecule has 5 aromatic rings. The van der Waals surface area contributed by atoms with E-state index < -0.39 is 0 Å². The number of ether oxygens (including phenoxy) is 1. The lowest BCUT2D eigenvalue weighted by Crippen LogP contribution is -2.23. The van der Waals surface area contributed by atoms with Crippen LogP contribution >= 0.6 is 0 Å². The number of nitrogens with one attached hydrogen (secondary N) is 1. The van der Waals surface area contributed by atoms with E-state index in [1.165, 1.54) is 27.1 Å². The summed E-state index contributed by atoms with van der Waals surface area (Å²) in [5.74, 6) is 1.27. The zero-order valence-electron chi connectivity index (χ0n) is 18.2. The largest absolute Gasteiger partial charge is 0.439 e. The lowest BCUT2D eigenvalue weighted by molar-refractivity contribution is -0.121. The second-order valence-electron chi connectivity index (χ2n) is 7.99. The summed E-state index contributed by atoms with van der Waals surface area (Å²) in [7, 11) is 0. The van der Waals surface area contributed by atoms with E-state index in [0.717, 1.165) is 5.56 Å². The van der Waals surface area contributed by atoms with Gasteiger partial charge in [-0.25, -0.2) is 4.98 Å². The van der Waals surface area contributed by atoms with Crippen molar-refractivity contribution in [2.45, 2.75) is 19.4 Å². The number of pyridine rings is 1. The Hall–Kier alpha value is -4.18. The molecule has 1 N–H and O–H groups in total. The maximum Gasteiger partial charge on any atom is 0.220 e. The van der Waals surface area contributed by atoms with E-state index in [4.69, 9.17) is 4.74 Å². The monoisotopic (exact) mass is 432 g/mol. The molecule has 0 aliphatic rings. The summed E-state index contributed by atoms with van der Waals surface area (Å²) in [4.78, 5) is 16.9. The minimum atomic E-state index is 0.0306. The van der Waals surface area contributed by atoms with Gasteiger partial charge in [0.1, 0.15) is 5.75 Å². The number of amides is 1. The molecule has 1 aromatic heterocycles. The van der Waals surface area contributed by atoms with Gasteiger partial charge in [0.2, 0.25) is 11.8 Å². The summed E-state index contributed by atoms with van der Waals surface area (Å²) in [5.41, 5.74) is 2.21. The lowest BCUT2D eigenvalue weighted by atomic mass is 9.94. The molecule has 0 bridgehead atoms. The fourth-order valence-electron chi connectivity index (χ4n) is 4.15. The van der Waals surface area contributed by atoms with Crippen LogP contribution in [0.3, 0.4) is 0 Å². The van der Waals surface area contributed by atoms with Crippen LogP contribution in [0, 0.1) is 0 Å². The van der Waals surface area contributed by atoms with Gasteiger partial charge in [0, 0.05) is 25.2 Å². The normalized spacial score (nSPS) is 10.9. The molecule has 1 heterocycles. The summed E-state index contributed by atoms with van der Waals surface area (Å²) in [6, 6.07) is 32.2. The Labute approximate surface area is 192 Å². The van der Waals surface area contributed by atoms with E-state index in [-0.39, 0.29) is 5.91 Å². The standard InChI is InChI=1S/C29H24N2O2/c32-28(31-20-21-8-7-11-24(18-21)33-29-14-5-6-17-30-29)16-15-27-25-12-3-1-9-22(25)19-23-10-2-4-13-26(23)27/h1-14,17-19H,15-16,20H2,(H,31,32). The Bertz CT molecular complexity index is 1360. The first-order valence-electron chi connectivity index (χ1n) is 11.1. The first-order valence-corrected chi connectivity index (χ1v) is 11.1. The summed E-state index contributed by atoms with van der Waals surface area (Å²) < 4.78 is 5.79. The number of carbonyl (C=O) groups is 1. The number of aromatic nitrogens is 1. The van der Waals surface area contributed by atoms with Crippen LogP contribution in [-0.4, -0.2) is 10.9 Å². The van der Waals surface area contributed by atoms with Crippen LogP contribution in [0.15, 0.2) is 103 Å². The van der Waals surface area contributed by atoms with E-state index in [1.54, 1.807) is 6.20 Å². The molecule has 0 radical (unpaired) electrons. The Morgan fingerprint density at radius 2 is 1.52 bits per heavy atom. The number of aryl methyl sites for hydroxylation is 1. The second-order valence-corrected chi connectivity index (χ2v) is 7.99. The van der Waals surface area contributed by atoms with Gasteiger partial charge in [0.25, 0.3) is 0 Å². The van der Waals surface area contributed by atoms with Crippen LogP contribution in [0.5, 0.6) is 11.6 Å². The van der Waals surface area contributed by atoms with Crippen molar-refractivity contribution in [2.75, 3.05) is 0 Å². The van der Waals surface area contributed by atoms with Gasteiger partial charge in [-0.15, -0.1) is 0 Å². The third-order valence-corrected chi connectivity index (χ3v) is 5.73. The summed E-state index contributed by atoms with van der Waals surface area (Å²) in [6.07, 6.45) is 2.82. The minimum absolute atomic E-state index is 0.0306. The predicted octanol–water partition coefficient (Wildman–Crippen LogP) is 6.43. The zero-order chi connectivity index (χ0) is 22.5. The number of hydrogen-bond acceptors (Lipinski definition) is 3. The molecule has 0 unspecified atom stereocenters. The van der Waals surface area contributed by atoms with Crippen molar-refractivity contribution >= 4 is 27.5 Å². The van der Waals surface area contributed by atoms with Crippen molar-refractivity contribution in [1.82, 2.24) is 10.3 Å². The topological polar surface area (TPSA) is 51.2 Å². The van der Waals surface area contributed by atoms with Gasteiger partial charge in [-0.3, -0.25) is 4.79 Å². The first kappa shape index (κ1) is 20.7. The number of nitrogens with zero attached hydrogens (tertiary/aromatic N) is 1. The minimum Gasteiger partial charge on any atom is -0.439 e. The van der Waals surface area contributed by atoms with E-state index in [9.17, 15) is 4.79 Å². The molecule has 0 aliphatic carbocycles. The smallest absolute Gasteiger partial charge is 0.220 e. The Morgan fingerprint density at radius 3 is 2.24 bits per heavy atom. The molecule has 0 spiro atoms. The summed E-state index contributed by atoms with van der Waals surface area (Å²) >= 11 is 0. The van der Waals surface area contributed by atoms with Crippen molar-refractivity contribution in [3.8, 4) is 11.6 Å². The summed E-state index contributed by atoms with van der Waals surface area (Å²) in [6.45, 7) is 0.453. The highest BCUT2D eigenvalue weighted by Crippen LogP contribution is 2.29. The fraction of sp³-hybridized carbons (Fsp3) is 0.103. The molecule has 0 saturated heterocycles. The number of benzene rings is 4. The van der Waals surface area contributed by atoms with Crippen LogP contribution in [0.2, 0.25) is 0 Å². The first-order chi connectivity index (χ1) is 16.3. The molecular weight excluding hydrogens is 408 g/mol. The summed E-state index contributed by atoms with van der Waals surface area (Å²) in [5, 5.41) is 7.88. The van der Waals surface area contributed by atoms with E-state index in [1.807, 2.05) is 42.5 Å². The van der Waals surface area contributed by atoms with Gasteiger partial charge in [-0.1, -0.05) is 66.7 Å². The van der Waals surface area contributed by atoms with Gasteiger partial charge in [-0.2, -0.15) is 0 Å². The van der Waals surface area contributed by atoms with E-state index >= 15 is 0 Å². The molecule has 0 aliphatic heterocycles. The molecule has 4 heteroatoms. The maximum absolute atomic E-state index is 12.7. The Morgan fingerprint density at radius 1 is 0.788 bits per heavy atom. The van der Waals surface area contributed by atoms with E-state index in [2.05, 4.69) is 64.9 Å². The van der Waals surface area contributed by atoms with Crippen molar-refractivity contribution < 1.29 is 9.53 Å². The molecule has 162 valence electrons. The Kier molecular flexibility index (Phi) is 5.98. The molecule has 33 heavy (non-hydrogen) atoms. The Balaban J connectivity index is 1.25. The van der Waals surface area contributed by atoms with Crippen LogP contribution < -0.4 is 10.1 Å². The third kappa shape index (κ3) is 4.85. The van der Waals surface area contributed by atoms with Crippen molar-refractivity contribution in [2.24, 2.45) is 0 Å². The van der Waals surface area contributed by atoms with Crippen LogP contribution in [-0.2, 0) is 17.8 Å². The fourth-order valence-corrected chi connectivity index (χ4v) is 4.15. The highest BCUT2D eigenvalue weighted by molar-refractivity contribution is 6.02. The van der Waals surface area contributed by atoms with E-state index in [0.29, 0.717) is 31.0 Å². The molecule has 4 aromatic carbocycles. The molecule has 5 rings (SSSR count). The highest BCUT2D eigenvalue weighted by atomic mass is 16.5. The zero-order valence-corrected chi connectivity index (χ0v) is 18.2. The molecule has 1 amide bonds. The van der Waals surface area contributed by atoms with Gasteiger partial charge in [-0.05, 0) is 63.4 Å². The van der Waals surface area contributed by atoms with Crippen molar-refractivity contribution in [1.29, 1.82) is 0 Å². The quantitative estimate of drug-likeness (QED) is 0.302. The number of fused-ring (bicyclic) bond motifs is 2. The number of carbonyl (C=O) groups excluding carboxylic acids is 1. The highest BCUT2D eigenvalue weighted by Gasteiger charge is 2.10. The lowest BCUT2D eigenvalue weighted by Gasteiger charge is -2.12. The van der Waals surface area contributed by atoms with Gasteiger partial charge in [0.05, 0.1) is 0 Å². The average molecular weight is 433 g/mol. The molecule has 4 nitrogen and oxygen atoms in total. The SMILES string of the molecule is O=C(CCc1c2ccccc2cc2ccccc12)NCc1cccc(Oc2ccccn2)c1. The second kappa shape index (κ2) is 9.53. The van der Waals surface area contributed by atoms with Crippen LogP contribution in [0.4, 0.5) is 0 Å². The molecule has 0 saturated carbocycles. The predicted molar refractivity (Wildman–Crippen MR) is 132 cm³/mol. The van der Waals surface area contributed by atoms with Crippen molar-refractivity contribution in [3.05, 3.63) is 114 Å². The molecule has 0 fully saturated rings. The molecule has 0 atom stereocenters. The van der Waals surface area contributed by atoms with Gasteiger partial charge >= 0.3 is 0 Å². The third-order valence-electron chi connectivity index (χ3n) is 5.73. The number of rotatable bonds is 7. The van der Waals surface area contributed by atoms with Crippen LogP contribution in [0.1, 0.15) is 17.5 Å². The van der Waals surface area contributed by atoms with Crippen LogP contribution in [0.25, 0.3) is 21.5 Å². The van der Waals surface area contributed by atoms with Gasteiger partial charge in [0.15, 0.2) is 0 Å². The molecular formula is C29H24N2O2. The van der Waals surface area contributed by atoms with Crippen molar-refractivity contribution in [3.63, 3.8) is 0 Å².